The first kappa shape index (κ1) is 23.9. The zero-order valence-corrected chi connectivity index (χ0v) is 18.3. The van der Waals surface area contributed by atoms with Crippen molar-refractivity contribution in [3.05, 3.63) is 48.5 Å². The molecule has 0 aromatic heterocycles. The molecule has 0 fully saturated rings. The lowest BCUT2D eigenvalue weighted by atomic mass is 9.90. The van der Waals surface area contributed by atoms with E-state index in [-0.39, 0.29) is 18.2 Å². The number of nitrogens with zero attached hydrogens (tertiary/aromatic N) is 1. The van der Waals surface area contributed by atoms with E-state index in [9.17, 15) is 23.6 Å². The second kappa shape index (κ2) is 10.2. The molecule has 2 aromatic rings. The van der Waals surface area contributed by atoms with Gasteiger partial charge in [-0.15, -0.1) is 0 Å². The number of benzene rings is 2. The standard InChI is InChI=1S/C24H25FN2O6/c1-14(2)15(24(32)26-16(12-23(30)31)19(28)13-25)11-22(29)27-17-7-3-5-9-20(17)33-21-10-6-4-8-18(21)27/h3-10,14-16H,11-13H2,1-2H3,(H,26,32)(H,30,31). The molecular formula is C24H25FN2O6. The Labute approximate surface area is 190 Å². The number of ketones is 1. The molecule has 0 spiro atoms. The Morgan fingerprint density at radius 2 is 1.52 bits per heavy atom. The molecule has 174 valence electrons. The number of carbonyl (C=O) groups is 4. The maximum Gasteiger partial charge on any atom is 0.305 e. The number of alkyl halides is 1. The summed E-state index contributed by atoms with van der Waals surface area (Å²) in [6.07, 6.45) is -0.951. The number of halogens is 1. The molecule has 0 aliphatic carbocycles. The van der Waals surface area contributed by atoms with Gasteiger partial charge in [-0.1, -0.05) is 38.1 Å². The Bertz CT molecular complexity index is 1020. The topological polar surface area (TPSA) is 113 Å². The van der Waals surface area contributed by atoms with E-state index < -0.39 is 42.7 Å². The summed E-state index contributed by atoms with van der Waals surface area (Å²) < 4.78 is 18.7. The molecule has 2 amide bonds. The maximum absolute atomic E-state index is 13.5. The van der Waals surface area contributed by atoms with E-state index in [2.05, 4.69) is 5.32 Å². The predicted molar refractivity (Wildman–Crippen MR) is 118 cm³/mol. The number of ether oxygens (including phenoxy) is 1. The molecule has 33 heavy (non-hydrogen) atoms. The molecule has 8 nitrogen and oxygen atoms in total. The number of rotatable bonds is 9. The van der Waals surface area contributed by atoms with Crippen LogP contribution in [0.5, 0.6) is 11.5 Å². The van der Waals surface area contributed by atoms with Crippen LogP contribution in [0.25, 0.3) is 0 Å². The van der Waals surface area contributed by atoms with E-state index in [0.717, 1.165) is 0 Å². The minimum Gasteiger partial charge on any atom is -0.481 e. The number of Topliss-reactive ketones (excluding diaryl/α,β-unsaturated/α-hetero) is 1. The minimum absolute atomic E-state index is 0.213. The first-order valence-electron chi connectivity index (χ1n) is 10.5. The number of aliphatic carboxylic acids is 1. The fraction of sp³-hybridized carbons (Fsp3) is 0.333. The average molecular weight is 456 g/mol. The van der Waals surface area contributed by atoms with Gasteiger partial charge in [-0.2, -0.15) is 0 Å². The third-order valence-corrected chi connectivity index (χ3v) is 5.43. The van der Waals surface area contributed by atoms with Gasteiger partial charge in [0.1, 0.15) is 12.7 Å². The number of carboxylic acid groups (broad SMARTS) is 1. The van der Waals surface area contributed by atoms with Crippen LogP contribution < -0.4 is 15.0 Å². The van der Waals surface area contributed by atoms with Crippen molar-refractivity contribution in [1.82, 2.24) is 5.32 Å². The normalized spacial score (nSPS) is 13.9. The van der Waals surface area contributed by atoms with E-state index >= 15 is 0 Å². The van der Waals surface area contributed by atoms with Crippen molar-refractivity contribution in [2.45, 2.75) is 32.7 Å². The minimum atomic E-state index is -1.50. The molecule has 0 bridgehead atoms. The van der Waals surface area contributed by atoms with E-state index in [4.69, 9.17) is 9.84 Å². The molecule has 9 heteroatoms. The zero-order chi connectivity index (χ0) is 24.1. The Kier molecular flexibility index (Phi) is 7.42. The number of hydrogen-bond donors (Lipinski definition) is 2. The van der Waals surface area contributed by atoms with E-state index in [0.29, 0.717) is 22.9 Å². The third kappa shape index (κ3) is 5.36. The van der Waals surface area contributed by atoms with Crippen molar-refractivity contribution in [2.24, 2.45) is 11.8 Å². The van der Waals surface area contributed by atoms with Gasteiger partial charge in [-0.3, -0.25) is 24.1 Å². The Morgan fingerprint density at radius 1 is 0.970 bits per heavy atom. The van der Waals surface area contributed by atoms with E-state index in [1.807, 2.05) is 0 Å². The number of anilines is 2. The van der Waals surface area contributed by atoms with Crippen molar-refractivity contribution in [3.8, 4) is 11.5 Å². The number of amides is 2. The zero-order valence-electron chi connectivity index (χ0n) is 18.3. The molecule has 0 saturated carbocycles. The van der Waals surface area contributed by atoms with E-state index in [1.165, 1.54) is 4.90 Å². The highest BCUT2D eigenvalue weighted by Crippen LogP contribution is 2.46. The van der Waals surface area contributed by atoms with Crippen LogP contribution in [0.4, 0.5) is 15.8 Å². The molecule has 3 rings (SSSR count). The van der Waals surface area contributed by atoms with E-state index in [1.54, 1.807) is 62.4 Å². The van der Waals surface area contributed by atoms with Gasteiger partial charge >= 0.3 is 5.97 Å². The number of hydrogen-bond acceptors (Lipinski definition) is 5. The Hall–Kier alpha value is -3.75. The highest BCUT2D eigenvalue weighted by Gasteiger charge is 2.34. The highest BCUT2D eigenvalue weighted by atomic mass is 19.1. The largest absolute Gasteiger partial charge is 0.481 e. The van der Waals surface area contributed by atoms with Crippen molar-refractivity contribution in [2.75, 3.05) is 11.6 Å². The lowest BCUT2D eigenvalue weighted by Crippen LogP contribution is -2.47. The van der Waals surface area contributed by atoms with Crippen molar-refractivity contribution in [1.29, 1.82) is 0 Å². The summed E-state index contributed by atoms with van der Waals surface area (Å²) in [6, 6.07) is 12.5. The average Bonchev–Trinajstić information content (AvgIpc) is 2.79. The van der Waals surface area contributed by atoms with Crippen molar-refractivity contribution >= 4 is 34.9 Å². The number of fused-ring (bicyclic) bond motifs is 2. The second-order valence-corrected chi connectivity index (χ2v) is 8.08. The Balaban J connectivity index is 1.86. The molecule has 1 aliphatic heterocycles. The molecule has 2 atom stereocenters. The fourth-order valence-electron chi connectivity index (χ4n) is 3.68. The van der Waals surface area contributed by atoms with Gasteiger partial charge in [-0.25, -0.2) is 4.39 Å². The lowest BCUT2D eigenvalue weighted by molar-refractivity contribution is -0.141. The van der Waals surface area contributed by atoms with Gasteiger partial charge in [0.05, 0.1) is 17.8 Å². The summed E-state index contributed by atoms with van der Waals surface area (Å²) in [4.78, 5) is 50.7. The van der Waals surface area contributed by atoms with Crippen LogP contribution in [-0.4, -0.2) is 41.4 Å². The molecule has 1 heterocycles. The van der Waals surface area contributed by atoms with Crippen LogP contribution in [0.3, 0.4) is 0 Å². The van der Waals surface area contributed by atoms with Gasteiger partial charge in [0.2, 0.25) is 11.8 Å². The molecule has 2 aromatic carbocycles. The van der Waals surface area contributed by atoms with Crippen LogP contribution in [0.15, 0.2) is 48.5 Å². The first-order valence-corrected chi connectivity index (χ1v) is 10.5. The van der Waals surface area contributed by atoms with Crippen molar-refractivity contribution < 1.29 is 33.4 Å². The van der Waals surface area contributed by atoms with Gasteiger partial charge in [-0.05, 0) is 30.2 Å². The smallest absolute Gasteiger partial charge is 0.305 e. The van der Waals surface area contributed by atoms with Crippen LogP contribution >= 0.6 is 0 Å². The summed E-state index contributed by atoms with van der Waals surface area (Å²) in [7, 11) is 0. The molecule has 0 radical (unpaired) electrons. The number of carbonyl (C=O) groups excluding carboxylic acids is 3. The fourth-order valence-corrected chi connectivity index (χ4v) is 3.68. The Morgan fingerprint density at radius 3 is 2.00 bits per heavy atom. The third-order valence-electron chi connectivity index (χ3n) is 5.43. The van der Waals surface area contributed by atoms with Gasteiger partial charge in [0, 0.05) is 12.3 Å². The monoisotopic (exact) mass is 456 g/mol. The summed E-state index contributed by atoms with van der Waals surface area (Å²) in [5, 5.41) is 11.3. The van der Waals surface area contributed by atoms with Gasteiger partial charge < -0.3 is 15.2 Å². The molecular weight excluding hydrogens is 431 g/mol. The summed E-state index contributed by atoms with van der Waals surface area (Å²) >= 11 is 0. The maximum atomic E-state index is 13.5. The first-order chi connectivity index (χ1) is 15.7. The molecule has 0 saturated heterocycles. The second-order valence-electron chi connectivity index (χ2n) is 8.08. The SMILES string of the molecule is CC(C)C(CC(=O)N1c2ccccc2Oc2ccccc21)C(=O)NC(CC(=O)O)C(=O)CF. The highest BCUT2D eigenvalue weighted by molar-refractivity contribution is 6.05. The van der Waals surface area contributed by atoms with Crippen LogP contribution in [0.2, 0.25) is 0 Å². The lowest BCUT2D eigenvalue weighted by Gasteiger charge is -2.32. The predicted octanol–water partition coefficient (Wildman–Crippen LogP) is 3.62. The van der Waals surface area contributed by atoms with Crippen LogP contribution in [0.1, 0.15) is 26.7 Å². The van der Waals surface area contributed by atoms with Crippen LogP contribution in [0, 0.1) is 11.8 Å². The molecule has 2 unspecified atom stereocenters. The van der Waals surface area contributed by atoms with Crippen LogP contribution in [-0.2, 0) is 19.2 Å². The quantitative estimate of drug-likeness (QED) is 0.596. The molecule has 1 aliphatic rings. The van der Waals surface area contributed by atoms with Crippen molar-refractivity contribution in [3.63, 3.8) is 0 Å². The van der Waals surface area contributed by atoms with Gasteiger partial charge in [0.25, 0.3) is 0 Å². The number of nitrogens with one attached hydrogen (secondary N) is 1. The summed E-state index contributed by atoms with van der Waals surface area (Å²) in [5.74, 6) is -3.64. The summed E-state index contributed by atoms with van der Waals surface area (Å²) in [6.45, 7) is 2.08. The molecule has 2 N–H and O–H groups in total. The van der Waals surface area contributed by atoms with Gasteiger partial charge in [0.15, 0.2) is 17.3 Å². The number of carboxylic acids is 1. The number of para-hydroxylation sites is 4. The summed E-state index contributed by atoms with van der Waals surface area (Å²) in [5.41, 5.74) is 1.06.